The molecule has 0 atom stereocenters. The number of carbonyl (C=O) groups excluding carboxylic acids is 1. The van der Waals surface area contributed by atoms with Crippen LogP contribution in [0.2, 0.25) is 5.02 Å². The van der Waals surface area contributed by atoms with Gasteiger partial charge >= 0.3 is 5.69 Å². The van der Waals surface area contributed by atoms with Gasteiger partial charge in [0.2, 0.25) is 6.79 Å². The van der Waals surface area contributed by atoms with Crippen molar-refractivity contribution in [3.8, 4) is 11.5 Å². The third kappa shape index (κ3) is 4.04. The van der Waals surface area contributed by atoms with Crippen LogP contribution in [0.15, 0.2) is 70.3 Å². The highest BCUT2D eigenvalue weighted by atomic mass is 35.5. The second kappa shape index (κ2) is 8.72. The van der Waals surface area contributed by atoms with Gasteiger partial charge in [-0.1, -0.05) is 29.8 Å². The third-order valence-corrected chi connectivity index (χ3v) is 5.97. The number of amides is 1. The zero-order valence-electron chi connectivity index (χ0n) is 18.2. The number of aromatic nitrogens is 2. The van der Waals surface area contributed by atoms with Gasteiger partial charge in [-0.25, -0.2) is 4.79 Å². The van der Waals surface area contributed by atoms with Crippen molar-refractivity contribution in [3.05, 3.63) is 103 Å². The average Bonchev–Trinajstić information content (AvgIpc) is 3.31. The van der Waals surface area contributed by atoms with E-state index in [4.69, 9.17) is 21.1 Å². The number of nitrogens with zero attached hydrogens (tertiary/aromatic N) is 2. The maximum atomic E-state index is 13.2. The molecule has 0 spiro atoms. The summed E-state index contributed by atoms with van der Waals surface area (Å²) in [6.07, 6.45) is 0. The molecule has 1 N–H and O–H groups in total. The molecule has 1 amide bonds. The number of hydrogen-bond donors (Lipinski definition) is 1. The Morgan fingerprint density at radius 3 is 2.65 bits per heavy atom. The van der Waals surface area contributed by atoms with Gasteiger partial charge in [0.05, 0.1) is 17.4 Å². The Kier molecular flexibility index (Phi) is 5.59. The molecule has 0 bridgehead atoms. The first-order valence-corrected chi connectivity index (χ1v) is 10.9. The van der Waals surface area contributed by atoms with Crippen LogP contribution in [-0.2, 0) is 20.1 Å². The van der Waals surface area contributed by atoms with Gasteiger partial charge in [0, 0.05) is 24.2 Å². The van der Waals surface area contributed by atoms with Gasteiger partial charge in [-0.05, 0) is 53.6 Å². The number of hydrogen-bond acceptors (Lipinski definition) is 5. The smallest absolute Gasteiger partial charge is 0.331 e. The Bertz CT molecular complexity index is 1560. The summed E-state index contributed by atoms with van der Waals surface area (Å²) in [7, 11) is 1.60. The van der Waals surface area contributed by atoms with E-state index >= 15 is 0 Å². The van der Waals surface area contributed by atoms with E-state index in [0.717, 1.165) is 15.7 Å². The quantitative estimate of drug-likeness (QED) is 0.477. The first-order chi connectivity index (χ1) is 16.4. The summed E-state index contributed by atoms with van der Waals surface area (Å²) in [4.78, 5) is 38.9. The van der Waals surface area contributed by atoms with Crippen LogP contribution in [0.3, 0.4) is 0 Å². The third-order valence-electron chi connectivity index (χ3n) is 5.73. The largest absolute Gasteiger partial charge is 0.454 e. The summed E-state index contributed by atoms with van der Waals surface area (Å²) >= 11 is 6.05. The molecule has 1 aliphatic rings. The summed E-state index contributed by atoms with van der Waals surface area (Å²) in [5.74, 6) is 0.970. The van der Waals surface area contributed by atoms with Crippen molar-refractivity contribution < 1.29 is 14.3 Å². The zero-order chi connectivity index (χ0) is 23.8. The highest BCUT2D eigenvalue weighted by Crippen LogP contribution is 2.32. The average molecular weight is 478 g/mol. The molecule has 0 saturated carbocycles. The van der Waals surface area contributed by atoms with E-state index in [1.165, 1.54) is 10.6 Å². The molecule has 3 aromatic carbocycles. The Labute approximate surface area is 198 Å². The zero-order valence-corrected chi connectivity index (χ0v) is 19.0. The molecule has 5 rings (SSSR count). The molecule has 0 radical (unpaired) electrons. The van der Waals surface area contributed by atoms with Crippen molar-refractivity contribution in [1.82, 2.24) is 14.5 Å². The molecule has 1 aliphatic heterocycles. The molecule has 0 aliphatic carbocycles. The lowest BCUT2D eigenvalue weighted by Crippen LogP contribution is -2.39. The first-order valence-electron chi connectivity index (χ1n) is 10.6. The predicted molar refractivity (Wildman–Crippen MR) is 128 cm³/mol. The molecular weight excluding hydrogens is 458 g/mol. The van der Waals surface area contributed by atoms with E-state index in [2.05, 4.69) is 5.32 Å². The van der Waals surface area contributed by atoms with Gasteiger partial charge in [0.1, 0.15) is 0 Å². The minimum Gasteiger partial charge on any atom is -0.454 e. The van der Waals surface area contributed by atoms with Crippen LogP contribution < -0.4 is 26.0 Å². The molecule has 2 heterocycles. The number of ether oxygens (including phenoxy) is 2. The molecule has 34 heavy (non-hydrogen) atoms. The van der Waals surface area contributed by atoms with Gasteiger partial charge in [-0.3, -0.25) is 18.7 Å². The Hall–Kier alpha value is -4.04. The number of benzene rings is 3. The van der Waals surface area contributed by atoms with E-state index in [-0.39, 0.29) is 31.2 Å². The molecule has 4 aromatic rings. The van der Waals surface area contributed by atoms with Crippen molar-refractivity contribution >= 4 is 28.4 Å². The summed E-state index contributed by atoms with van der Waals surface area (Å²) < 4.78 is 13.2. The van der Waals surface area contributed by atoms with E-state index in [1.807, 2.05) is 12.1 Å². The number of carbonyl (C=O) groups is 1. The SMILES string of the molecule is Cn1c(=O)n(Cc2cccc(Cl)c2)c(=O)c2cc(C(=O)NCc3ccc4c(c3)OCO4)ccc21. The summed E-state index contributed by atoms with van der Waals surface area (Å²) in [5, 5.41) is 3.65. The van der Waals surface area contributed by atoms with Crippen LogP contribution in [0, 0.1) is 0 Å². The van der Waals surface area contributed by atoms with Crippen LogP contribution in [0.4, 0.5) is 0 Å². The Balaban J connectivity index is 1.44. The van der Waals surface area contributed by atoms with Gasteiger partial charge in [0.25, 0.3) is 11.5 Å². The van der Waals surface area contributed by atoms with Crippen LogP contribution >= 0.6 is 11.6 Å². The van der Waals surface area contributed by atoms with Gasteiger partial charge in [0.15, 0.2) is 11.5 Å². The Morgan fingerprint density at radius 2 is 1.82 bits per heavy atom. The molecule has 172 valence electrons. The Morgan fingerprint density at radius 1 is 1.00 bits per heavy atom. The second-order valence-corrected chi connectivity index (χ2v) is 8.40. The van der Waals surface area contributed by atoms with Crippen LogP contribution in [0.1, 0.15) is 21.5 Å². The van der Waals surface area contributed by atoms with E-state index in [1.54, 1.807) is 49.5 Å². The number of aryl methyl sites for hydroxylation is 1. The highest BCUT2D eigenvalue weighted by molar-refractivity contribution is 6.30. The number of fused-ring (bicyclic) bond motifs is 2. The molecule has 0 saturated heterocycles. The fraction of sp³-hybridized carbons (Fsp3) is 0.160. The molecule has 9 heteroatoms. The lowest BCUT2D eigenvalue weighted by atomic mass is 10.1. The summed E-state index contributed by atoms with van der Waals surface area (Å²) in [6, 6.07) is 17.2. The van der Waals surface area contributed by atoms with Crippen LogP contribution in [0.5, 0.6) is 11.5 Å². The normalized spacial score (nSPS) is 12.2. The fourth-order valence-electron chi connectivity index (χ4n) is 3.95. The predicted octanol–water partition coefficient (Wildman–Crippen LogP) is 3.06. The first kappa shape index (κ1) is 21.8. The lowest BCUT2D eigenvalue weighted by Gasteiger charge is -2.12. The fourth-order valence-corrected chi connectivity index (χ4v) is 4.16. The number of halogens is 1. The number of nitrogens with one attached hydrogen (secondary N) is 1. The van der Waals surface area contributed by atoms with Crippen molar-refractivity contribution in [2.45, 2.75) is 13.1 Å². The topological polar surface area (TPSA) is 91.6 Å². The monoisotopic (exact) mass is 477 g/mol. The second-order valence-electron chi connectivity index (χ2n) is 7.97. The molecule has 0 unspecified atom stereocenters. The van der Waals surface area contributed by atoms with Crippen molar-refractivity contribution in [3.63, 3.8) is 0 Å². The molecule has 8 nitrogen and oxygen atoms in total. The van der Waals surface area contributed by atoms with Crippen molar-refractivity contribution in [2.24, 2.45) is 7.05 Å². The minimum absolute atomic E-state index is 0.0720. The van der Waals surface area contributed by atoms with Gasteiger partial charge in [-0.15, -0.1) is 0 Å². The molecule has 0 fully saturated rings. The van der Waals surface area contributed by atoms with Gasteiger partial charge < -0.3 is 14.8 Å². The van der Waals surface area contributed by atoms with E-state index in [9.17, 15) is 14.4 Å². The summed E-state index contributed by atoms with van der Waals surface area (Å²) in [6.45, 7) is 0.530. The van der Waals surface area contributed by atoms with Crippen LogP contribution in [-0.4, -0.2) is 21.8 Å². The minimum atomic E-state index is -0.469. The summed E-state index contributed by atoms with van der Waals surface area (Å²) in [5.41, 5.74) is 1.43. The van der Waals surface area contributed by atoms with Gasteiger partial charge in [-0.2, -0.15) is 0 Å². The van der Waals surface area contributed by atoms with E-state index < -0.39 is 11.2 Å². The maximum absolute atomic E-state index is 13.2. The maximum Gasteiger partial charge on any atom is 0.331 e. The van der Waals surface area contributed by atoms with Crippen LogP contribution in [0.25, 0.3) is 10.9 Å². The number of rotatable bonds is 5. The standard InChI is InChI=1S/C25H20ClN3O5/c1-28-20-7-6-17(23(30)27-12-15-5-8-21-22(10-15)34-14-33-21)11-19(20)24(31)29(25(28)32)13-16-3-2-4-18(26)9-16/h2-11H,12-14H2,1H3,(H,27,30). The highest BCUT2D eigenvalue weighted by Gasteiger charge is 2.16. The molecular formula is C25H20ClN3O5. The van der Waals surface area contributed by atoms with Crippen molar-refractivity contribution in [2.75, 3.05) is 6.79 Å². The van der Waals surface area contributed by atoms with Crippen molar-refractivity contribution in [1.29, 1.82) is 0 Å². The molecule has 1 aromatic heterocycles. The lowest BCUT2D eigenvalue weighted by molar-refractivity contribution is 0.0951. The van der Waals surface area contributed by atoms with E-state index in [0.29, 0.717) is 27.6 Å².